The predicted octanol–water partition coefficient (Wildman–Crippen LogP) is 2.75. The van der Waals surface area contributed by atoms with Crippen molar-refractivity contribution >= 4 is 32.7 Å². The number of rotatable bonds is 5. The molecule has 5 nitrogen and oxygen atoms in total. The molecule has 1 heterocycles. The second-order valence-corrected chi connectivity index (χ2v) is 7.38. The lowest BCUT2D eigenvalue weighted by Crippen LogP contribution is -2.26. The van der Waals surface area contributed by atoms with Crippen molar-refractivity contribution in [1.29, 1.82) is 0 Å². The van der Waals surface area contributed by atoms with Gasteiger partial charge in [-0.1, -0.05) is 23.7 Å². The van der Waals surface area contributed by atoms with Crippen LogP contribution in [-0.4, -0.2) is 24.5 Å². The van der Waals surface area contributed by atoms with Crippen molar-refractivity contribution in [2.45, 2.75) is 11.3 Å². The number of nitrogens with zero attached hydrogens (tertiary/aromatic N) is 2. The second kappa shape index (κ2) is 6.31. The van der Waals surface area contributed by atoms with Crippen LogP contribution >= 0.6 is 11.6 Å². The summed E-state index contributed by atoms with van der Waals surface area (Å²) in [5, 5.41) is 0.503. The fourth-order valence-corrected chi connectivity index (χ4v) is 3.57. The number of nitrogens with one attached hydrogen (secondary N) is 1. The first-order valence-corrected chi connectivity index (χ1v) is 8.99. The summed E-state index contributed by atoms with van der Waals surface area (Å²) < 4.78 is 29.0. The molecule has 0 unspecified atom stereocenters. The summed E-state index contributed by atoms with van der Waals surface area (Å²) in [6, 6.07) is 13.9. The summed E-state index contributed by atoms with van der Waals surface area (Å²) in [5.41, 5.74) is 1.94. The molecule has 1 N–H and O–H groups in total. The Morgan fingerprint density at radius 3 is 2.52 bits per heavy atom. The number of halogens is 1. The molecule has 0 atom stereocenters. The molecule has 0 saturated carbocycles. The lowest BCUT2D eigenvalue weighted by atomic mass is 10.3. The summed E-state index contributed by atoms with van der Waals surface area (Å²) in [5.74, 6) is 0.838. The highest BCUT2D eigenvalue weighted by atomic mass is 35.5. The SMILES string of the molecule is Cn1c(CCNS(=O)(=O)c2ccc(Cl)cc2)nc2ccccc21. The van der Waals surface area contributed by atoms with Gasteiger partial charge in [-0.2, -0.15) is 0 Å². The van der Waals surface area contributed by atoms with Crippen LogP contribution in [0.25, 0.3) is 11.0 Å². The molecule has 0 bridgehead atoms. The molecule has 2 aromatic carbocycles. The third kappa shape index (κ3) is 3.39. The topological polar surface area (TPSA) is 64.0 Å². The van der Waals surface area contributed by atoms with Gasteiger partial charge in [0.1, 0.15) is 5.82 Å². The Bertz CT molecular complexity index is 934. The Morgan fingerprint density at radius 1 is 1.13 bits per heavy atom. The third-order valence-corrected chi connectivity index (χ3v) is 5.37. The number of aromatic nitrogens is 2. The van der Waals surface area contributed by atoms with Gasteiger partial charge in [0.2, 0.25) is 10.0 Å². The highest BCUT2D eigenvalue weighted by molar-refractivity contribution is 7.89. The molecule has 0 aliphatic heterocycles. The summed E-state index contributed by atoms with van der Waals surface area (Å²) in [6.07, 6.45) is 0.512. The molecule has 1 aromatic heterocycles. The maximum atomic E-state index is 12.2. The minimum absolute atomic E-state index is 0.201. The molecule has 120 valence electrons. The Kier molecular flexibility index (Phi) is 4.39. The largest absolute Gasteiger partial charge is 0.331 e. The van der Waals surface area contributed by atoms with E-state index in [2.05, 4.69) is 9.71 Å². The summed E-state index contributed by atoms with van der Waals surface area (Å²) in [4.78, 5) is 4.73. The number of para-hydroxylation sites is 2. The molecule has 0 amide bonds. The van der Waals surface area contributed by atoms with Gasteiger partial charge in [0.25, 0.3) is 0 Å². The van der Waals surface area contributed by atoms with Crippen molar-refractivity contribution in [3.05, 3.63) is 59.4 Å². The van der Waals surface area contributed by atoms with Crippen molar-refractivity contribution < 1.29 is 8.42 Å². The van der Waals surface area contributed by atoms with Gasteiger partial charge in [0, 0.05) is 25.0 Å². The van der Waals surface area contributed by atoms with Gasteiger partial charge in [-0.3, -0.25) is 0 Å². The van der Waals surface area contributed by atoms with Crippen LogP contribution in [-0.2, 0) is 23.5 Å². The number of fused-ring (bicyclic) bond motifs is 1. The van der Waals surface area contributed by atoms with E-state index in [1.54, 1.807) is 12.1 Å². The van der Waals surface area contributed by atoms with Crippen LogP contribution in [0.1, 0.15) is 5.82 Å². The molecule has 0 aliphatic carbocycles. The minimum atomic E-state index is -3.54. The zero-order chi connectivity index (χ0) is 16.4. The van der Waals surface area contributed by atoms with E-state index < -0.39 is 10.0 Å². The Hall–Kier alpha value is -1.89. The van der Waals surface area contributed by atoms with Gasteiger partial charge in [-0.05, 0) is 36.4 Å². The molecule has 0 spiro atoms. The van der Waals surface area contributed by atoms with Crippen molar-refractivity contribution in [3.63, 3.8) is 0 Å². The van der Waals surface area contributed by atoms with Crippen molar-refractivity contribution in [2.75, 3.05) is 6.54 Å². The van der Waals surface area contributed by atoms with Gasteiger partial charge in [0.15, 0.2) is 0 Å². The molecule has 3 rings (SSSR count). The van der Waals surface area contributed by atoms with Gasteiger partial charge in [-0.25, -0.2) is 18.1 Å². The van der Waals surface area contributed by atoms with E-state index in [0.29, 0.717) is 11.4 Å². The number of hydrogen-bond donors (Lipinski definition) is 1. The van der Waals surface area contributed by atoms with Gasteiger partial charge in [0.05, 0.1) is 15.9 Å². The van der Waals surface area contributed by atoms with Gasteiger partial charge < -0.3 is 4.57 Å². The van der Waals surface area contributed by atoms with E-state index in [4.69, 9.17) is 11.6 Å². The van der Waals surface area contributed by atoms with Crippen LogP contribution in [0.2, 0.25) is 5.02 Å². The van der Waals surface area contributed by atoms with Crippen molar-refractivity contribution in [2.24, 2.45) is 7.05 Å². The van der Waals surface area contributed by atoms with Crippen molar-refractivity contribution in [1.82, 2.24) is 14.3 Å². The molecule has 0 saturated heterocycles. The molecule has 0 fully saturated rings. The standard InChI is InChI=1S/C16H16ClN3O2S/c1-20-15-5-3-2-4-14(15)19-16(20)10-11-18-23(21,22)13-8-6-12(17)7-9-13/h2-9,18H,10-11H2,1H3. The molecule has 23 heavy (non-hydrogen) atoms. The molecular formula is C16H16ClN3O2S. The Balaban J connectivity index is 1.70. The van der Waals surface area contributed by atoms with Crippen LogP contribution in [0.15, 0.2) is 53.4 Å². The summed E-state index contributed by atoms with van der Waals surface area (Å²) >= 11 is 5.78. The van der Waals surface area contributed by atoms with Crippen LogP contribution in [0.5, 0.6) is 0 Å². The van der Waals surface area contributed by atoms with Crippen LogP contribution in [0.3, 0.4) is 0 Å². The molecule has 3 aromatic rings. The highest BCUT2D eigenvalue weighted by Gasteiger charge is 2.14. The molecular weight excluding hydrogens is 334 g/mol. The number of imidazole rings is 1. The quantitative estimate of drug-likeness (QED) is 0.770. The normalized spacial score (nSPS) is 11.9. The van der Waals surface area contributed by atoms with Crippen molar-refractivity contribution in [3.8, 4) is 0 Å². The fourth-order valence-electron chi connectivity index (χ4n) is 2.41. The zero-order valence-electron chi connectivity index (χ0n) is 12.5. The Labute approximate surface area is 140 Å². The van der Waals surface area contributed by atoms with Gasteiger partial charge in [-0.15, -0.1) is 0 Å². The lowest BCUT2D eigenvalue weighted by molar-refractivity contribution is 0.580. The fraction of sp³-hybridized carbons (Fsp3) is 0.188. The molecule has 7 heteroatoms. The second-order valence-electron chi connectivity index (χ2n) is 5.18. The first-order valence-electron chi connectivity index (χ1n) is 7.13. The minimum Gasteiger partial charge on any atom is -0.331 e. The van der Waals surface area contributed by atoms with E-state index in [-0.39, 0.29) is 11.4 Å². The van der Waals surface area contributed by atoms with E-state index in [1.165, 1.54) is 12.1 Å². The molecule has 0 aliphatic rings. The third-order valence-electron chi connectivity index (χ3n) is 3.64. The number of sulfonamides is 1. The predicted molar refractivity (Wildman–Crippen MR) is 91.1 cm³/mol. The first-order chi connectivity index (χ1) is 11.0. The monoisotopic (exact) mass is 349 g/mol. The smallest absolute Gasteiger partial charge is 0.240 e. The van der Waals surface area contributed by atoms with Crippen LogP contribution < -0.4 is 4.72 Å². The van der Waals surface area contributed by atoms with Gasteiger partial charge >= 0.3 is 0 Å². The summed E-state index contributed by atoms with van der Waals surface area (Å²) in [7, 11) is -1.61. The van der Waals surface area contributed by atoms with E-state index >= 15 is 0 Å². The van der Waals surface area contributed by atoms with E-state index in [0.717, 1.165) is 16.9 Å². The first kappa shape index (κ1) is 16.0. The molecule has 0 radical (unpaired) electrons. The average Bonchev–Trinajstić information content (AvgIpc) is 2.84. The van der Waals surface area contributed by atoms with E-state index in [9.17, 15) is 8.42 Å². The average molecular weight is 350 g/mol. The number of benzene rings is 2. The number of aryl methyl sites for hydroxylation is 1. The highest BCUT2D eigenvalue weighted by Crippen LogP contribution is 2.15. The lowest BCUT2D eigenvalue weighted by Gasteiger charge is -2.07. The maximum Gasteiger partial charge on any atom is 0.240 e. The van der Waals surface area contributed by atoms with E-state index in [1.807, 2.05) is 35.9 Å². The van der Waals surface area contributed by atoms with Crippen LogP contribution in [0.4, 0.5) is 0 Å². The number of hydrogen-bond acceptors (Lipinski definition) is 3. The Morgan fingerprint density at radius 2 is 1.83 bits per heavy atom. The maximum absolute atomic E-state index is 12.2. The summed E-state index contributed by atoms with van der Waals surface area (Å²) in [6.45, 7) is 0.280. The van der Waals surface area contributed by atoms with Crippen LogP contribution in [0, 0.1) is 0 Å². The zero-order valence-corrected chi connectivity index (χ0v) is 14.1.